The summed E-state index contributed by atoms with van der Waals surface area (Å²) in [6.45, 7) is 0. The van der Waals surface area contributed by atoms with Crippen molar-refractivity contribution in [2.45, 2.75) is 0 Å². The molecule has 0 aromatic heterocycles. The largest absolute Gasteiger partial charge is 0.507 e. The molecule has 0 atom stereocenters. The number of carbonyl (C=O) groups excluding carboxylic acids is 1. The third-order valence-electron chi connectivity index (χ3n) is 3.45. The first-order chi connectivity index (χ1) is 11.2. The quantitative estimate of drug-likeness (QED) is 0.514. The van der Waals surface area contributed by atoms with Crippen molar-refractivity contribution in [2.24, 2.45) is 5.10 Å². The number of phenolic OH excluding ortho intramolecular Hbond substituents is 2. The van der Waals surface area contributed by atoms with Crippen LogP contribution in [0.5, 0.6) is 11.5 Å². The first-order valence-corrected chi connectivity index (χ1v) is 6.99. The highest BCUT2D eigenvalue weighted by atomic mass is 16.3. The van der Waals surface area contributed by atoms with Crippen LogP contribution in [0.2, 0.25) is 0 Å². The van der Waals surface area contributed by atoms with Gasteiger partial charge in [0, 0.05) is 10.9 Å². The predicted octanol–water partition coefficient (Wildman–Crippen LogP) is 3.01. The van der Waals surface area contributed by atoms with E-state index in [2.05, 4.69) is 10.5 Å². The molecule has 1 amide bonds. The Bertz CT molecular complexity index is 904. The monoisotopic (exact) mass is 306 g/mol. The molecule has 0 bridgehead atoms. The highest BCUT2D eigenvalue weighted by Gasteiger charge is 2.12. The van der Waals surface area contributed by atoms with E-state index < -0.39 is 5.91 Å². The van der Waals surface area contributed by atoms with Crippen molar-refractivity contribution in [3.63, 3.8) is 0 Å². The topological polar surface area (TPSA) is 81.9 Å². The van der Waals surface area contributed by atoms with Gasteiger partial charge in [-0.1, -0.05) is 42.5 Å². The highest BCUT2D eigenvalue weighted by Crippen LogP contribution is 2.28. The van der Waals surface area contributed by atoms with Gasteiger partial charge in [-0.05, 0) is 23.6 Å². The Hall–Kier alpha value is -3.34. The molecule has 5 heteroatoms. The van der Waals surface area contributed by atoms with Crippen molar-refractivity contribution in [1.82, 2.24) is 5.43 Å². The lowest BCUT2D eigenvalue weighted by Crippen LogP contribution is -2.17. The molecule has 0 spiro atoms. The number of rotatable bonds is 3. The lowest BCUT2D eigenvalue weighted by Gasteiger charge is -2.06. The summed E-state index contributed by atoms with van der Waals surface area (Å²) in [4.78, 5) is 12.1. The van der Waals surface area contributed by atoms with Crippen LogP contribution in [-0.2, 0) is 0 Å². The standard InChI is InChI=1S/C18H14N2O3/c21-16-8-4-2-6-13(16)11-19-20-18(23)15-10-9-12-5-1-3-7-14(12)17(15)22/h1-11,21-22H,(H,20,23)/b19-11+. The van der Waals surface area contributed by atoms with E-state index in [9.17, 15) is 15.0 Å². The minimum atomic E-state index is -0.528. The number of amides is 1. The van der Waals surface area contributed by atoms with Gasteiger partial charge in [-0.15, -0.1) is 0 Å². The maximum atomic E-state index is 12.1. The second kappa shape index (κ2) is 6.19. The van der Waals surface area contributed by atoms with Gasteiger partial charge in [0.05, 0.1) is 11.8 Å². The summed E-state index contributed by atoms with van der Waals surface area (Å²) in [5, 5.41) is 25.1. The van der Waals surface area contributed by atoms with Crippen molar-refractivity contribution >= 4 is 22.9 Å². The first-order valence-electron chi connectivity index (χ1n) is 6.99. The Morgan fingerprint density at radius 1 is 0.957 bits per heavy atom. The van der Waals surface area contributed by atoms with Crippen LogP contribution in [0.25, 0.3) is 10.8 Å². The lowest BCUT2D eigenvalue weighted by atomic mass is 10.1. The summed E-state index contributed by atoms with van der Waals surface area (Å²) < 4.78 is 0. The van der Waals surface area contributed by atoms with Gasteiger partial charge in [-0.2, -0.15) is 5.10 Å². The van der Waals surface area contributed by atoms with E-state index in [4.69, 9.17) is 0 Å². The van der Waals surface area contributed by atoms with Crippen LogP contribution in [0.3, 0.4) is 0 Å². The number of para-hydroxylation sites is 1. The number of hydrazone groups is 1. The number of phenols is 2. The van der Waals surface area contributed by atoms with Crippen LogP contribution >= 0.6 is 0 Å². The number of benzene rings is 3. The minimum absolute atomic E-state index is 0.0686. The number of hydrogen-bond acceptors (Lipinski definition) is 4. The van der Waals surface area contributed by atoms with E-state index >= 15 is 0 Å². The summed E-state index contributed by atoms with van der Waals surface area (Å²) in [6.07, 6.45) is 1.34. The van der Waals surface area contributed by atoms with Crippen LogP contribution < -0.4 is 5.43 Å². The number of nitrogens with zero attached hydrogens (tertiary/aromatic N) is 1. The highest BCUT2D eigenvalue weighted by molar-refractivity contribution is 6.03. The third-order valence-corrected chi connectivity index (χ3v) is 3.45. The molecule has 0 fully saturated rings. The summed E-state index contributed by atoms with van der Waals surface area (Å²) in [5.41, 5.74) is 2.96. The first kappa shape index (κ1) is 14.6. The van der Waals surface area contributed by atoms with Crippen LogP contribution in [0.15, 0.2) is 65.8 Å². The molecule has 0 aliphatic heterocycles. The number of fused-ring (bicyclic) bond motifs is 1. The molecule has 0 aliphatic rings. The molecule has 3 rings (SSSR count). The number of nitrogens with one attached hydrogen (secondary N) is 1. The summed E-state index contributed by atoms with van der Waals surface area (Å²) >= 11 is 0. The molecular weight excluding hydrogens is 292 g/mol. The number of hydrogen-bond donors (Lipinski definition) is 3. The zero-order valence-electron chi connectivity index (χ0n) is 12.1. The van der Waals surface area contributed by atoms with Gasteiger partial charge in [0.1, 0.15) is 11.5 Å². The van der Waals surface area contributed by atoms with E-state index in [0.29, 0.717) is 10.9 Å². The van der Waals surface area contributed by atoms with Gasteiger partial charge in [0.15, 0.2) is 0 Å². The fraction of sp³-hybridized carbons (Fsp3) is 0. The molecule has 114 valence electrons. The molecule has 0 unspecified atom stereocenters. The molecule has 3 aromatic carbocycles. The van der Waals surface area contributed by atoms with Crippen molar-refractivity contribution in [1.29, 1.82) is 0 Å². The Labute approximate surface area is 132 Å². The lowest BCUT2D eigenvalue weighted by molar-refractivity contribution is 0.0952. The fourth-order valence-electron chi connectivity index (χ4n) is 2.26. The zero-order chi connectivity index (χ0) is 16.2. The second-order valence-electron chi connectivity index (χ2n) is 4.94. The van der Waals surface area contributed by atoms with Crippen molar-refractivity contribution in [2.75, 3.05) is 0 Å². The molecule has 5 nitrogen and oxygen atoms in total. The van der Waals surface area contributed by atoms with Gasteiger partial charge in [0.25, 0.3) is 5.91 Å². The van der Waals surface area contributed by atoms with Crippen molar-refractivity contribution in [3.8, 4) is 11.5 Å². The maximum absolute atomic E-state index is 12.1. The van der Waals surface area contributed by atoms with Crippen molar-refractivity contribution in [3.05, 3.63) is 71.8 Å². The second-order valence-corrected chi connectivity index (χ2v) is 4.94. The summed E-state index contributed by atoms with van der Waals surface area (Å²) in [7, 11) is 0. The summed E-state index contributed by atoms with van der Waals surface area (Å²) in [5.74, 6) is -0.544. The average Bonchev–Trinajstić information content (AvgIpc) is 2.57. The van der Waals surface area contributed by atoms with Crippen LogP contribution in [-0.4, -0.2) is 22.3 Å². The molecule has 3 aromatic rings. The molecule has 3 N–H and O–H groups in total. The van der Waals surface area contributed by atoms with Gasteiger partial charge in [-0.3, -0.25) is 4.79 Å². The van der Waals surface area contributed by atoms with Gasteiger partial charge < -0.3 is 10.2 Å². The molecule has 0 radical (unpaired) electrons. The average molecular weight is 306 g/mol. The third kappa shape index (κ3) is 2.98. The van der Waals surface area contributed by atoms with Crippen LogP contribution in [0, 0.1) is 0 Å². The Morgan fingerprint density at radius 2 is 1.70 bits per heavy atom. The van der Waals surface area contributed by atoms with E-state index in [1.165, 1.54) is 12.3 Å². The molecule has 23 heavy (non-hydrogen) atoms. The normalized spacial score (nSPS) is 11.0. The van der Waals surface area contributed by atoms with Gasteiger partial charge in [0.2, 0.25) is 0 Å². The van der Waals surface area contributed by atoms with E-state index in [1.807, 2.05) is 12.1 Å². The Kier molecular flexibility index (Phi) is 3.93. The Balaban J connectivity index is 1.81. The van der Waals surface area contributed by atoms with Crippen LogP contribution in [0.4, 0.5) is 0 Å². The van der Waals surface area contributed by atoms with Crippen LogP contribution in [0.1, 0.15) is 15.9 Å². The molecule has 0 saturated heterocycles. The van der Waals surface area contributed by atoms with E-state index in [0.717, 1.165) is 5.39 Å². The minimum Gasteiger partial charge on any atom is -0.507 e. The smallest absolute Gasteiger partial charge is 0.275 e. The van der Waals surface area contributed by atoms with Gasteiger partial charge in [-0.25, -0.2) is 5.43 Å². The Morgan fingerprint density at radius 3 is 2.52 bits per heavy atom. The maximum Gasteiger partial charge on any atom is 0.275 e. The fourth-order valence-corrected chi connectivity index (χ4v) is 2.26. The number of carbonyl (C=O) groups is 1. The molecule has 0 aliphatic carbocycles. The molecular formula is C18H14N2O3. The SMILES string of the molecule is O=C(N/N=C/c1ccccc1O)c1ccc2ccccc2c1O. The summed E-state index contributed by atoms with van der Waals surface area (Å²) in [6, 6.07) is 17.2. The van der Waals surface area contributed by atoms with Crippen molar-refractivity contribution < 1.29 is 15.0 Å². The predicted molar refractivity (Wildman–Crippen MR) is 88.8 cm³/mol. The zero-order valence-corrected chi connectivity index (χ0v) is 12.1. The molecule has 0 saturated carbocycles. The van der Waals surface area contributed by atoms with Gasteiger partial charge >= 0.3 is 0 Å². The van der Waals surface area contributed by atoms with E-state index in [-0.39, 0.29) is 17.1 Å². The molecule has 0 heterocycles. The van der Waals surface area contributed by atoms with E-state index in [1.54, 1.807) is 42.5 Å². The number of aromatic hydroxyl groups is 2.